The second-order valence-corrected chi connectivity index (χ2v) is 5.68. The van der Waals surface area contributed by atoms with Gasteiger partial charge in [-0.05, 0) is 31.9 Å². The van der Waals surface area contributed by atoms with Crippen LogP contribution in [0.1, 0.15) is 32.9 Å². The molecule has 1 N–H and O–H groups in total. The van der Waals surface area contributed by atoms with Crippen LogP contribution in [-0.4, -0.2) is 26.8 Å². The molecule has 0 bridgehead atoms. The van der Waals surface area contributed by atoms with Crippen molar-refractivity contribution in [3.8, 4) is 0 Å². The van der Waals surface area contributed by atoms with Gasteiger partial charge in [-0.3, -0.25) is 4.79 Å². The van der Waals surface area contributed by atoms with E-state index in [4.69, 9.17) is 0 Å². The summed E-state index contributed by atoms with van der Waals surface area (Å²) < 4.78 is 3.43. The molecule has 1 unspecified atom stereocenters. The third kappa shape index (κ3) is 3.10. The molecule has 0 radical (unpaired) electrons. The molecule has 1 atom stereocenters. The van der Waals surface area contributed by atoms with Crippen molar-refractivity contribution in [3.63, 3.8) is 0 Å². The van der Waals surface area contributed by atoms with Crippen molar-refractivity contribution < 1.29 is 0 Å². The van der Waals surface area contributed by atoms with Gasteiger partial charge in [0.2, 0.25) is 0 Å². The van der Waals surface area contributed by atoms with Gasteiger partial charge >= 0.3 is 0 Å². The van der Waals surface area contributed by atoms with Gasteiger partial charge in [0.1, 0.15) is 5.52 Å². The molecule has 0 aliphatic heterocycles. The molecule has 20 heavy (non-hydrogen) atoms. The molecule has 0 aromatic carbocycles. The number of nitrogens with zero attached hydrogens (tertiary/aromatic N) is 3. The average molecular weight is 276 g/mol. The second kappa shape index (κ2) is 6.22. The van der Waals surface area contributed by atoms with Crippen LogP contribution in [0, 0.1) is 12.8 Å². The Morgan fingerprint density at radius 1 is 1.35 bits per heavy atom. The summed E-state index contributed by atoms with van der Waals surface area (Å²) in [5.41, 5.74) is 1.53. The van der Waals surface area contributed by atoms with Crippen LogP contribution in [0.3, 0.4) is 0 Å². The maximum Gasteiger partial charge on any atom is 0.276 e. The van der Waals surface area contributed by atoms with Crippen LogP contribution in [0.5, 0.6) is 0 Å². The first-order valence-electron chi connectivity index (χ1n) is 7.31. The zero-order chi connectivity index (χ0) is 14.7. The number of hydrogen-bond acceptors (Lipinski definition) is 3. The van der Waals surface area contributed by atoms with Crippen molar-refractivity contribution in [1.29, 1.82) is 0 Å². The van der Waals surface area contributed by atoms with E-state index in [2.05, 4.69) is 31.2 Å². The number of fused-ring (bicyclic) bond motifs is 1. The van der Waals surface area contributed by atoms with Gasteiger partial charge < -0.3 is 9.88 Å². The topological polar surface area (TPSA) is 51.3 Å². The molecule has 110 valence electrons. The molecule has 0 aliphatic rings. The van der Waals surface area contributed by atoms with Crippen molar-refractivity contribution in [2.45, 2.75) is 46.7 Å². The van der Waals surface area contributed by atoms with E-state index in [9.17, 15) is 4.79 Å². The minimum Gasteiger partial charge on any atom is -0.312 e. The van der Waals surface area contributed by atoms with Crippen LogP contribution in [-0.2, 0) is 6.54 Å². The first-order valence-corrected chi connectivity index (χ1v) is 7.31. The lowest BCUT2D eigenvalue weighted by molar-refractivity contribution is 0.352. The number of nitrogens with one attached hydrogen (secondary N) is 1. The zero-order valence-corrected chi connectivity index (χ0v) is 12.8. The Bertz CT molecular complexity index is 626. The van der Waals surface area contributed by atoms with E-state index in [-0.39, 0.29) is 5.56 Å². The average Bonchev–Trinajstić information content (AvgIpc) is 2.78. The molecule has 0 aliphatic carbocycles. The number of aryl methyl sites for hydroxylation is 1. The predicted octanol–water partition coefficient (Wildman–Crippen LogP) is 1.83. The fourth-order valence-corrected chi connectivity index (χ4v) is 2.34. The highest BCUT2D eigenvalue weighted by Crippen LogP contribution is 2.05. The lowest BCUT2D eigenvalue weighted by atomic mass is 10.0. The minimum absolute atomic E-state index is 0.0250. The largest absolute Gasteiger partial charge is 0.312 e. The molecule has 2 heterocycles. The van der Waals surface area contributed by atoms with E-state index >= 15 is 0 Å². The van der Waals surface area contributed by atoms with E-state index in [0.29, 0.717) is 24.0 Å². The third-order valence-electron chi connectivity index (χ3n) is 3.58. The Morgan fingerprint density at radius 3 is 2.75 bits per heavy atom. The summed E-state index contributed by atoms with van der Waals surface area (Å²) in [6.07, 6.45) is 4.77. The van der Waals surface area contributed by atoms with E-state index in [1.54, 1.807) is 9.08 Å². The van der Waals surface area contributed by atoms with E-state index in [1.165, 1.54) is 0 Å². The van der Waals surface area contributed by atoms with Crippen molar-refractivity contribution in [3.05, 3.63) is 34.5 Å². The number of hydrogen-bond donors (Lipinski definition) is 1. The van der Waals surface area contributed by atoms with Crippen LogP contribution >= 0.6 is 0 Å². The van der Waals surface area contributed by atoms with Crippen molar-refractivity contribution in [2.75, 3.05) is 6.54 Å². The normalized spacial score (nSPS) is 13.2. The summed E-state index contributed by atoms with van der Waals surface area (Å²) in [5.74, 6) is 0.483. The van der Waals surface area contributed by atoms with Crippen LogP contribution in [0.4, 0.5) is 0 Å². The minimum atomic E-state index is 0.0250. The van der Waals surface area contributed by atoms with Crippen LogP contribution in [0.2, 0.25) is 0 Å². The molecule has 2 aromatic heterocycles. The molecule has 0 saturated carbocycles. The first-order chi connectivity index (χ1) is 9.52. The Hall–Kier alpha value is -1.62. The first kappa shape index (κ1) is 14.8. The van der Waals surface area contributed by atoms with Crippen LogP contribution in [0.15, 0.2) is 23.3 Å². The highest BCUT2D eigenvalue weighted by molar-refractivity contribution is 5.44. The summed E-state index contributed by atoms with van der Waals surface area (Å²) in [7, 11) is 0. The van der Waals surface area contributed by atoms with Crippen LogP contribution in [0.25, 0.3) is 5.52 Å². The Kier molecular flexibility index (Phi) is 4.60. The molecule has 5 heteroatoms. The second-order valence-electron chi connectivity index (χ2n) is 5.68. The van der Waals surface area contributed by atoms with Crippen molar-refractivity contribution in [2.24, 2.45) is 5.92 Å². The fourth-order valence-electron chi connectivity index (χ4n) is 2.34. The number of aromatic nitrogens is 3. The molecular formula is C15H24N4O. The molecule has 0 spiro atoms. The maximum absolute atomic E-state index is 12.4. The van der Waals surface area contributed by atoms with Gasteiger partial charge in [0, 0.05) is 25.0 Å². The molecule has 0 amide bonds. The highest BCUT2D eigenvalue weighted by atomic mass is 16.1. The van der Waals surface area contributed by atoms with E-state index < -0.39 is 0 Å². The standard InChI is InChI=1S/C15H24N4O/c1-5-6-16-13(11(2)3)10-18-7-8-19-14(15(18)20)9-12(4)17-19/h7-9,11,13,16H,5-6,10H2,1-4H3. The molecule has 0 saturated heterocycles. The smallest absolute Gasteiger partial charge is 0.276 e. The lowest BCUT2D eigenvalue weighted by Crippen LogP contribution is -2.40. The zero-order valence-electron chi connectivity index (χ0n) is 12.8. The van der Waals surface area contributed by atoms with Crippen molar-refractivity contribution in [1.82, 2.24) is 19.5 Å². The molecule has 5 nitrogen and oxygen atoms in total. The summed E-state index contributed by atoms with van der Waals surface area (Å²) in [6.45, 7) is 10.1. The van der Waals surface area contributed by atoms with Gasteiger partial charge in [-0.25, -0.2) is 4.52 Å². The summed E-state index contributed by atoms with van der Waals surface area (Å²) in [5, 5.41) is 7.78. The summed E-state index contributed by atoms with van der Waals surface area (Å²) >= 11 is 0. The van der Waals surface area contributed by atoms with Gasteiger partial charge in [-0.15, -0.1) is 0 Å². The van der Waals surface area contributed by atoms with Crippen molar-refractivity contribution >= 4 is 5.52 Å². The maximum atomic E-state index is 12.4. The molecule has 0 fully saturated rings. The monoisotopic (exact) mass is 276 g/mol. The van der Waals surface area contributed by atoms with Gasteiger partial charge in [0.05, 0.1) is 5.69 Å². The van der Waals surface area contributed by atoms with E-state index in [0.717, 1.165) is 18.7 Å². The van der Waals surface area contributed by atoms with Gasteiger partial charge in [0.25, 0.3) is 5.56 Å². The van der Waals surface area contributed by atoms with Gasteiger partial charge in [-0.1, -0.05) is 20.8 Å². The van der Waals surface area contributed by atoms with E-state index in [1.807, 2.05) is 25.4 Å². The van der Waals surface area contributed by atoms with Gasteiger partial charge in [0.15, 0.2) is 0 Å². The van der Waals surface area contributed by atoms with Crippen LogP contribution < -0.4 is 10.9 Å². The Morgan fingerprint density at radius 2 is 2.10 bits per heavy atom. The lowest BCUT2D eigenvalue weighted by Gasteiger charge is -2.23. The molecule has 2 rings (SSSR count). The highest BCUT2D eigenvalue weighted by Gasteiger charge is 2.14. The summed E-state index contributed by atoms with van der Waals surface area (Å²) in [6, 6.07) is 2.14. The molecular weight excluding hydrogens is 252 g/mol. The Labute approximate surface area is 119 Å². The SMILES string of the molecule is CCCNC(Cn1ccn2nc(C)cc2c1=O)C(C)C. The fraction of sp³-hybridized carbons (Fsp3) is 0.600. The quantitative estimate of drug-likeness (QED) is 0.875. The third-order valence-corrected chi connectivity index (χ3v) is 3.58. The number of rotatable bonds is 6. The predicted molar refractivity (Wildman–Crippen MR) is 81.1 cm³/mol. The van der Waals surface area contributed by atoms with Gasteiger partial charge in [-0.2, -0.15) is 5.10 Å². The Balaban J connectivity index is 2.27. The summed E-state index contributed by atoms with van der Waals surface area (Å²) in [4.78, 5) is 12.4. The molecule has 2 aromatic rings.